The average molecular weight is 301 g/mol. The Labute approximate surface area is 129 Å². The molecule has 0 aliphatic heterocycles. The minimum Gasteiger partial charge on any atom is -0.444 e. The Morgan fingerprint density at radius 1 is 1.14 bits per heavy atom. The van der Waals surface area contributed by atoms with Crippen molar-refractivity contribution in [3.63, 3.8) is 0 Å². The summed E-state index contributed by atoms with van der Waals surface area (Å²) in [5, 5.41) is 4.72. The summed E-state index contributed by atoms with van der Waals surface area (Å²) in [4.78, 5) is 12.8. The molecule has 110 valence electrons. The van der Waals surface area contributed by atoms with Crippen molar-refractivity contribution in [1.82, 2.24) is 0 Å². The minimum atomic E-state index is -0.500. The fourth-order valence-electron chi connectivity index (χ4n) is 1.70. The fourth-order valence-corrected chi connectivity index (χ4v) is 2.45. The Morgan fingerprint density at radius 2 is 1.86 bits per heavy atom. The molecule has 0 saturated carbocycles. The van der Waals surface area contributed by atoms with E-state index >= 15 is 0 Å². The van der Waals surface area contributed by atoms with Crippen molar-refractivity contribution in [3.05, 3.63) is 52.2 Å². The maximum Gasteiger partial charge on any atom is 0.412 e. The monoisotopic (exact) mass is 301 g/mol. The second-order valence-electron chi connectivity index (χ2n) is 5.57. The second-order valence-corrected chi connectivity index (χ2v) is 6.52. The van der Waals surface area contributed by atoms with E-state index in [0.29, 0.717) is 0 Å². The van der Waals surface area contributed by atoms with Crippen molar-refractivity contribution < 1.29 is 9.53 Å². The second kappa shape index (κ2) is 6.59. The molecule has 4 heteroatoms. The lowest BCUT2D eigenvalue weighted by Gasteiger charge is -2.19. The third-order valence-electron chi connectivity index (χ3n) is 2.56. The Morgan fingerprint density at radius 3 is 2.52 bits per heavy atom. The van der Waals surface area contributed by atoms with Gasteiger partial charge in [0.2, 0.25) is 0 Å². The largest absolute Gasteiger partial charge is 0.444 e. The molecule has 0 radical (unpaired) electrons. The van der Waals surface area contributed by atoms with Crippen molar-refractivity contribution >= 4 is 35.3 Å². The molecule has 0 saturated heterocycles. The number of rotatable bonds is 3. The van der Waals surface area contributed by atoms with Gasteiger partial charge in [0, 0.05) is 0 Å². The zero-order valence-corrected chi connectivity index (χ0v) is 13.2. The number of benzene rings is 1. The predicted molar refractivity (Wildman–Crippen MR) is 89.5 cm³/mol. The van der Waals surface area contributed by atoms with E-state index in [2.05, 4.69) is 5.32 Å². The third-order valence-corrected chi connectivity index (χ3v) is 3.44. The first kappa shape index (κ1) is 15.3. The number of anilines is 1. The van der Waals surface area contributed by atoms with Gasteiger partial charge in [-0.1, -0.05) is 36.4 Å². The lowest BCUT2D eigenvalue weighted by atomic mass is 10.2. The maximum atomic E-state index is 11.8. The van der Waals surface area contributed by atoms with Crippen LogP contribution in [0.15, 0.2) is 41.8 Å². The number of hydrogen-bond donors (Lipinski definition) is 1. The Balaban J connectivity index is 2.05. The summed E-state index contributed by atoms with van der Waals surface area (Å²) in [7, 11) is 0. The van der Waals surface area contributed by atoms with Crippen LogP contribution in [0.25, 0.3) is 12.2 Å². The quantitative estimate of drug-likeness (QED) is 0.839. The number of ether oxygens (including phenoxy) is 1. The Bertz CT molecular complexity index is 624. The fraction of sp³-hybridized carbons (Fsp3) is 0.235. The zero-order valence-electron chi connectivity index (χ0n) is 12.4. The van der Waals surface area contributed by atoms with Crippen LogP contribution in [0, 0.1) is 0 Å². The lowest BCUT2D eigenvalue weighted by Crippen LogP contribution is -2.27. The van der Waals surface area contributed by atoms with Crippen LogP contribution < -0.4 is 5.32 Å². The molecule has 0 aliphatic rings. The third kappa shape index (κ3) is 5.08. The summed E-state index contributed by atoms with van der Waals surface area (Å²) in [6.45, 7) is 5.53. The summed E-state index contributed by atoms with van der Waals surface area (Å²) in [5.74, 6) is 0. The van der Waals surface area contributed by atoms with Gasteiger partial charge in [-0.15, -0.1) is 11.3 Å². The molecule has 2 aromatic rings. The van der Waals surface area contributed by atoms with Gasteiger partial charge in [0.25, 0.3) is 0 Å². The predicted octanol–water partition coefficient (Wildman–Crippen LogP) is 5.27. The SMILES string of the molecule is CC(C)(C)OC(=O)Nc1ccsc1/C=C/c1ccccc1. The normalized spacial score (nSPS) is 11.6. The number of amides is 1. The molecule has 0 aliphatic carbocycles. The van der Waals surface area contributed by atoms with Gasteiger partial charge in [0.1, 0.15) is 5.60 Å². The molecule has 1 amide bonds. The molecule has 3 nitrogen and oxygen atoms in total. The number of hydrogen-bond acceptors (Lipinski definition) is 3. The zero-order chi connectivity index (χ0) is 15.3. The number of thiophene rings is 1. The molecule has 0 atom stereocenters. The van der Waals surface area contributed by atoms with Gasteiger partial charge in [-0.3, -0.25) is 5.32 Å². The van der Waals surface area contributed by atoms with Gasteiger partial charge in [0.05, 0.1) is 10.6 Å². The number of nitrogens with one attached hydrogen (secondary N) is 1. The lowest BCUT2D eigenvalue weighted by molar-refractivity contribution is 0.0636. The summed E-state index contributed by atoms with van der Waals surface area (Å²) < 4.78 is 5.26. The van der Waals surface area contributed by atoms with Crippen molar-refractivity contribution in [3.8, 4) is 0 Å². The highest BCUT2D eigenvalue weighted by atomic mass is 32.1. The van der Waals surface area contributed by atoms with Crippen LogP contribution in [0.1, 0.15) is 31.2 Å². The van der Waals surface area contributed by atoms with Gasteiger partial charge in [-0.05, 0) is 43.9 Å². The highest BCUT2D eigenvalue weighted by Crippen LogP contribution is 2.25. The van der Waals surface area contributed by atoms with E-state index < -0.39 is 11.7 Å². The maximum absolute atomic E-state index is 11.8. The van der Waals surface area contributed by atoms with Crippen molar-refractivity contribution in [2.24, 2.45) is 0 Å². The first-order valence-corrected chi connectivity index (χ1v) is 7.63. The van der Waals surface area contributed by atoms with Crippen LogP contribution in [-0.4, -0.2) is 11.7 Å². The topological polar surface area (TPSA) is 38.3 Å². The Hall–Kier alpha value is -2.07. The van der Waals surface area contributed by atoms with Crippen molar-refractivity contribution in [2.75, 3.05) is 5.32 Å². The summed E-state index contributed by atoms with van der Waals surface area (Å²) in [6, 6.07) is 11.9. The molecule has 1 aromatic heterocycles. The van der Waals surface area contributed by atoms with Gasteiger partial charge >= 0.3 is 6.09 Å². The highest BCUT2D eigenvalue weighted by Gasteiger charge is 2.17. The minimum absolute atomic E-state index is 0.435. The van der Waals surface area contributed by atoms with E-state index in [1.54, 1.807) is 11.3 Å². The summed E-state index contributed by atoms with van der Waals surface area (Å²) in [5.41, 5.74) is 1.38. The van der Waals surface area contributed by atoms with Crippen LogP contribution in [0.5, 0.6) is 0 Å². The first-order chi connectivity index (χ1) is 9.94. The van der Waals surface area contributed by atoms with E-state index in [0.717, 1.165) is 16.1 Å². The van der Waals surface area contributed by atoms with E-state index in [1.807, 2.05) is 74.7 Å². The first-order valence-electron chi connectivity index (χ1n) is 6.75. The van der Waals surface area contributed by atoms with Crippen LogP contribution in [0.4, 0.5) is 10.5 Å². The number of carbonyl (C=O) groups excluding carboxylic acids is 1. The van der Waals surface area contributed by atoms with Crippen LogP contribution in [0.3, 0.4) is 0 Å². The molecule has 0 spiro atoms. The molecule has 1 aromatic carbocycles. The van der Waals surface area contributed by atoms with Gasteiger partial charge < -0.3 is 4.74 Å². The van der Waals surface area contributed by atoms with E-state index in [-0.39, 0.29) is 0 Å². The summed E-state index contributed by atoms with van der Waals surface area (Å²) >= 11 is 1.57. The molecule has 0 unspecified atom stereocenters. The van der Waals surface area contributed by atoms with E-state index in [9.17, 15) is 4.79 Å². The van der Waals surface area contributed by atoms with E-state index in [4.69, 9.17) is 4.74 Å². The van der Waals surface area contributed by atoms with Crippen LogP contribution in [0.2, 0.25) is 0 Å². The smallest absolute Gasteiger partial charge is 0.412 e. The molecule has 21 heavy (non-hydrogen) atoms. The van der Waals surface area contributed by atoms with Gasteiger partial charge in [-0.25, -0.2) is 4.79 Å². The van der Waals surface area contributed by atoms with Gasteiger partial charge in [-0.2, -0.15) is 0 Å². The molecular weight excluding hydrogens is 282 g/mol. The molecule has 1 heterocycles. The van der Waals surface area contributed by atoms with Crippen LogP contribution in [-0.2, 0) is 4.74 Å². The summed E-state index contributed by atoms with van der Waals surface area (Å²) in [6.07, 6.45) is 3.58. The number of carbonyl (C=O) groups is 1. The van der Waals surface area contributed by atoms with Crippen molar-refractivity contribution in [2.45, 2.75) is 26.4 Å². The molecule has 2 rings (SSSR count). The Kier molecular flexibility index (Phi) is 4.81. The molecule has 0 fully saturated rings. The molecule has 1 N–H and O–H groups in total. The molecule has 0 bridgehead atoms. The highest BCUT2D eigenvalue weighted by molar-refractivity contribution is 7.11. The molecular formula is C17H19NO2S. The average Bonchev–Trinajstić information content (AvgIpc) is 2.82. The van der Waals surface area contributed by atoms with Crippen LogP contribution >= 0.6 is 11.3 Å². The van der Waals surface area contributed by atoms with E-state index in [1.165, 1.54) is 0 Å². The van der Waals surface area contributed by atoms with Gasteiger partial charge in [0.15, 0.2) is 0 Å². The van der Waals surface area contributed by atoms with Crippen molar-refractivity contribution in [1.29, 1.82) is 0 Å². The standard InChI is InChI=1S/C17H19NO2S/c1-17(2,3)20-16(19)18-14-11-12-21-15(14)10-9-13-7-5-4-6-8-13/h4-12H,1-3H3,(H,18,19)/b10-9+.